The second-order valence-electron chi connectivity index (χ2n) is 5.47. The van der Waals surface area contributed by atoms with E-state index in [0.717, 1.165) is 34.0 Å². The minimum absolute atomic E-state index is 0.312. The van der Waals surface area contributed by atoms with Gasteiger partial charge in [0, 0.05) is 10.9 Å². The van der Waals surface area contributed by atoms with Gasteiger partial charge >= 0.3 is 0 Å². The van der Waals surface area contributed by atoms with Crippen LogP contribution in [0.1, 0.15) is 15.9 Å². The minimum Gasteiger partial charge on any atom is -0.497 e. The average molecular weight is 350 g/mol. The number of ether oxygens (including phenoxy) is 2. The van der Waals surface area contributed by atoms with Crippen LogP contribution in [0, 0.1) is 0 Å². The molecule has 0 saturated heterocycles. The molecular weight excluding hydrogens is 331 g/mol. The summed E-state index contributed by atoms with van der Waals surface area (Å²) in [5.41, 5.74) is 1.82. The van der Waals surface area contributed by atoms with Crippen LogP contribution >= 0.6 is 8.58 Å². The Morgan fingerprint density at radius 3 is 2.44 bits per heavy atom. The van der Waals surface area contributed by atoms with Gasteiger partial charge in [-0.15, -0.1) is 0 Å². The molecule has 4 heteroatoms. The summed E-state index contributed by atoms with van der Waals surface area (Å²) in [5, 5.41) is 2.01. The molecule has 0 aliphatic rings. The normalized spacial score (nSPS) is 10.8. The van der Waals surface area contributed by atoms with E-state index in [2.05, 4.69) is 0 Å². The molecule has 0 fully saturated rings. The van der Waals surface area contributed by atoms with E-state index >= 15 is 0 Å². The van der Waals surface area contributed by atoms with E-state index < -0.39 is 0 Å². The summed E-state index contributed by atoms with van der Waals surface area (Å²) in [6.45, 7) is 0.500. The van der Waals surface area contributed by atoms with Gasteiger partial charge in [-0.2, -0.15) is 0 Å². The maximum Gasteiger partial charge on any atom is 0.150 e. The fraction of sp³-hybridized carbons (Fsp3) is 0.0952. The number of hydrogen-bond acceptors (Lipinski definition) is 3. The first-order chi connectivity index (χ1) is 12.3. The minimum atomic E-state index is 0.312. The van der Waals surface area contributed by atoms with E-state index in [4.69, 9.17) is 9.47 Å². The number of hydrogen-bond donors (Lipinski definition) is 0. The number of carbonyl (C=O) groups is 1. The Balaban J connectivity index is 1.86. The molecular formula is C21H19O3P. The highest BCUT2D eigenvalue weighted by atomic mass is 31.1. The molecule has 1 unspecified atom stereocenters. The van der Waals surface area contributed by atoms with Crippen molar-refractivity contribution in [2.45, 2.75) is 6.61 Å². The van der Waals surface area contributed by atoms with Crippen LogP contribution in [0.25, 0.3) is 0 Å². The van der Waals surface area contributed by atoms with Gasteiger partial charge in [0.05, 0.1) is 7.11 Å². The van der Waals surface area contributed by atoms with Crippen molar-refractivity contribution in [3.8, 4) is 11.5 Å². The smallest absolute Gasteiger partial charge is 0.150 e. The van der Waals surface area contributed by atoms with Crippen LogP contribution in [-0.2, 0) is 6.61 Å². The zero-order valence-electron chi connectivity index (χ0n) is 13.9. The lowest BCUT2D eigenvalue weighted by molar-refractivity contribution is 0.112. The molecule has 0 radical (unpaired) electrons. The molecule has 0 aliphatic heterocycles. The van der Waals surface area contributed by atoms with Crippen molar-refractivity contribution in [3.63, 3.8) is 0 Å². The van der Waals surface area contributed by atoms with Crippen molar-refractivity contribution in [2.24, 2.45) is 0 Å². The molecule has 0 spiro atoms. The van der Waals surface area contributed by atoms with Crippen LogP contribution < -0.4 is 20.1 Å². The molecule has 0 N–H and O–H groups in total. The largest absolute Gasteiger partial charge is 0.497 e. The standard InChI is InChI=1S/C21H19O3P/c1-23-18-11-12-19(24-15-16-7-3-2-4-8-16)21(13-18)25-20-10-6-5-9-17(20)14-22/h2-14,25H,15H2,1H3. The first-order valence-corrected chi connectivity index (χ1v) is 8.96. The Morgan fingerprint density at radius 1 is 0.920 bits per heavy atom. The maximum absolute atomic E-state index is 11.3. The molecule has 3 aromatic carbocycles. The molecule has 0 saturated carbocycles. The fourth-order valence-corrected chi connectivity index (χ4v) is 3.70. The topological polar surface area (TPSA) is 35.5 Å². The van der Waals surface area contributed by atoms with Crippen LogP contribution in [-0.4, -0.2) is 13.4 Å². The van der Waals surface area contributed by atoms with Gasteiger partial charge in [0.2, 0.25) is 0 Å². The average Bonchev–Trinajstić information content (AvgIpc) is 2.68. The van der Waals surface area contributed by atoms with E-state index in [1.54, 1.807) is 7.11 Å². The highest BCUT2D eigenvalue weighted by Crippen LogP contribution is 2.25. The first kappa shape index (κ1) is 17.2. The number of carbonyl (C=O) groups excluding carboxylic acids is 1. The molecule has 3 rings (SSSR count). The molecule has 25 heavy (non-hydrogen) atoms. The summed E-state index contributed by atoms with van der Waals surface area (Å²) < 4.78 is 11.4. The van der Waals surface area contributed by atoms with Gasteiger partial charge < -0.3 is 9.47 Å². The zero-order chi connectivity index (χ0) is 17.5. The quantitative estimate of drug-likeness (QED) is 0.481. The van der Waals surface area contributed by atoms with Gasteiger partial charge in [-0.05, 0) is 29.1 Å². The Labute approximate surface area is 149 Å². The van der Waals surface area contributed by atoms with Crippen LogP contribution in [0.2, 0.25) is 0 Å². The second kappa shape index (κ2) is 8.46. The van der Waals surface area contributed by atoms with Gasteiger partial charge in [-0.3, -0.25) is 4.79 Å². The summed E-state index contributed by atoms with van der Waals surface area (Å²) in [4.78, 5) is 11.3. The fourth-order valence-electron chi connectivity index (χ4n) is 2.45. The van der Waals surface area contributed by atoms with Crippen molar-refractivity contribution in [2.75, 3.05) is 7.11 Å². The third-order valence-corrected chi connectivity index (χ3v) is 5.17. The van der Waals surface area contributed by atoms with Crippen LogP contribution in [0.5, 0.6) is 11.5 Å². The van der Waals surface area contributed by atoms with Gasteiger partial charge in [-0.25, -0.2) is 0 Å². The van der Waals surface area contributed by atoms with Crippen molar-refractivity contribution in [1.82, 2.24) is 0 Å². The molecule has 0 heterocycles. The van der Waals surface area contributed by atoms with Gasteiger partial charge in [0.1, 0.15) is 18.1 Å². The Kier molecular flexibility index (Phi) is 5.81. The molecule has 0 bridgehead atoms. The number of rotatable bonds is 7. The third-order valence-electron chi connectivity index (χ3n) is 3.78. The van der Waals surface area contributed by atoms with Crippen molar-refractivity contribution >= 4 is 25.5 Å². The maximum atomic E-state index is 11.3. The predicted octanol–water partition coefficient (Wildman–Crippen LogP) is 3.72. The van der Waals surface area contributed by atoms with E-state index in [9.17, 15) is 4.79 Å². The summed E-state index contributed by atoms with van der Waals surface area (Å²) in [7, 11) is 1.96. The van der Waals surface area contributed by atoms with E-state index in [0.29, 0.717) is 20.8 Å². The molecule has 0 amide bonds. The van der Waals surface area contributed by atoms with Crippen LogP contribution in [0.15, 0.2) is 72.8 Å². The van der Waals surface area contributed by atoms with Gasteiger partial charge in [0.15, 0.2) is 6.29 Å². The summed E-state index contributed by atoms with van der Waals surface area (Å²) in [5.74, 6) is 1.59. The Hall–Kier alpha value is -2.64. The molecule has 0 aliphatic carbocycles. The van der Waals surface area contributed by atoms with Crippen LogP contribution in [0.4, 0.5) is 0 Å². The number of benzene rings is 3. The van der Waals surface area contributed by atoms with E-state index in [1.165, 1.54) is 0 Å². The van der Waals surface area contributed by atoms with Gasteiger partial charge in [0.25, 0.3) is 0 Å². The number of aldehydes is 1. The SMILES string of the molecule is COc1ccc(OCc2ccccc2)c(Pc2ccccc2C=O)c1. The number of methoxy groups -OCH3 is 1. The van der Waals surface area contributed by atoms with E-state index in [-0.39, 0.29) is 0 Å². The Bertz CT molecular complexity index is 847. The van der Waals surface area contributed by atoms with E-state index in [1.807, 2.05) is 72.8 Å². The van der Waals surface area contributed by atoms with Crippen molar-refractivity contribution in [3.05, 3.63) is 83.9 Å². The third kappa shape index (κ3) is 4.46. The molecule has 3 aromatic rings. The molecule has 3 nitrogen and oxygen atoms in total. The lowest BCUT2D eigenvalue weighted by Gasteiger charge is -2.14. The second-order valence-corrected chi connectivity index (χ2v) is 6.79. The summed E-state index contributed by atoms with van der Waals surface area (Å²) in [6, 6.07) is 23.5. The monoisotopic (exact) mass is 350 g/mol. The lowest BCUT2D eigenvalue weighted by Crippen LogP contribution is -2.12. The lowest BCUT2D eigenvalue weighted by atomic mass is 10.2. The molecule has 1 atom stereocenters. The predicted molar refractivity (Wildman–Crippen MR) is 103 cm³/mol. The highest BCUT2D eigenvalue weighted by molar-refractivity contribution is 7.56. The summed E-state index contributed by atoms with van der Waals surface area (Å²) >= 11 is 0. The molecule has 126 valence electrons. The van der Waals surface area contributed by atoms with Crippen molar-refractivity contribution < 1.29 is 14.3 Å². The molecule has 0 aromatic heterocycles. The summed E-state index contributed by atoms with van der Waals surface area (Å²) in [6.07, 6.45) is 0.896. The van der Waals surface area contributed by atoms with Gasteiger partial charge in [-0.1, -0.05) is 63.2 Å². The van der Waals surface area contributed by atoms with Crippen LogP contribution in [0.3, 0.4) is 0 Å². The zero-order valence-corrected chi connectivity index (χ0v) is 14.9. The Morgan fingerprint density at radius 2 is 1.68 bits per heavy atom. The van der Waals surface area contributed by atoms with Crippen molar-refractivity contribution in [1.29, 1.82) is 0 Å². The first-order valence-electron chi connectivity index (χ1n) is 7.96. The highest BCUT2D eigenvalue weighted by Gasteiger charge is 2.10.